The zero-order chi connectivity index (χ0) is 19.0. The number of aromatic nitrogens is 3. The Labute approximate surface area is 159 Å². The van der Waals surface area contributed by atoms with E-state index in [1.54, 1.807) is 12.1 Å². The molecule has 0 spiro atoms. The first-order valence-corrected chi connectivity index (χ1v) is 9.10. The van der Waals surface area contributed by atoms with E-state index in [1.165, 1.54) is 10.7 Å². The maximum Gasteiger partial charge on any atom is 0.270 e. The van der Waals surface area contributed by atoms with Crippen molar-refractivity contribution in [2.75, 3.05) is 0 Å². The van der Waals surface area contributed by atoms with Gasteiger partial charge >= 0.3 is 0 Å². The highest BCUT2D eigenvalue weighted by Gasteiger charge is 2.23. The number of rotatable bonds is 3. The van der Waals surface area contributed by atoms with Crippen LogP contribution >= 0.6 is 11.6 Å². The number of fused-ring (bicyclic) bond motifs is 1. The molecule has 0 aliphatic heterocycles. The SMILES string of the molecule is O=c1c2c(c(-c3ccc(F)nc3F)nn1Cc1ccc(Cl)cc1)CCCC2. The molecule has 138 valence electrons. The first-order valence-electron chi connectivity index (χ1n) is 8.72. The molecule has 1 aromatic carbocycles. The smallest absolute Gasteiger partial charge is 0.267 e. The zero-order valence-electron chi connectivity index (χ0n) is 14.4. The van der Waals surface area contributed by atoms with Gasteiger partial charge in [0, 0.05) is 10.6 Å². The van der Waals surface area contributed by atoms with E-state index in [-0.39, 0.29) is 17.7 Å². The van der Waals surface area contributed by atoms with Crippen molar-refractivity contribution in [2.45, 2.75) is 32.2 Å². The Morgan fingerprint density at radius 2 is 1.70 bits per heavy atom. The fraction of sp³-hybridized carbons (Fsp3) is 0.250. The number of hydrogen-bond donors (Lipinski definition) is 0. The summed E-state index contributed by atoms with van der Waals surface area (Å²) in [6.07, 6.45) is 3.07. The molecule has 3 aromatic rings. The molecule has 0 amide bonds. The molecular weight excluding hydrogens is 372 g/mol. The van der Waals surface area contributed by atoms with Crippen molar-refractivity contribution in [3.8, 4) is 11.3 Å². The maximum atomic E-state index is 14.3. The second-order valence-electron chi connectivity index (χ2n) is 6.57. The minimum atomic E-state index is -0.924. The molecule has 0 saturated carbocycles. The Morgan fingerprint density at radius 1 is 1.00 bits per heavy atom. The van der Waals surface area contributed by atoms with Gasteiger partial charge in [0.2, 0.25) is 11.9 Å². The van der Waals surface area contributed by atoms with E-state index in [2.05, 4.69) is 10.1 Å². The van der Waals surface area contributed by atoms with Gasteiger partial charge in [0.25, 0.3) is 5.56 Å². The van der Waals surface area contributed by atoms with Crippen LogP contribution in [0.4, 0.5) is 8.78 Å². The Bertz CT molecular complexity index is 1060. The Hall–Kier alpha value is -2.60. The average molecular weight is 388 g/mol. The van der Waals surface area contributed by atoms with Gasteiger partial charge in [-0.15, -0.1) is 0 Å². The van der Waals surface area contributed by atoms with Crippen LogP contribution in [-0.2, 0) is 19.4 Å². The van der Waals surface area contributed by atoms with Gasteiger partial charge in [-0.3, -0.25) is 4.79 Å². The van der Waals surface area contributed by atoms with Crippen molar-refractivity contribution < 1.29 is 8.78 Å². The highest BCUT2D eigenvalue weighted by molar-refractivity contribution is 6.30. The standard InChI is InChI=1S/C20H16ClF2N3O/c21-13-7-5-12(6-8-13)11-26-20(27)15-4-2-1-3-14(15)18(25-26)16-9-10-17(22)24-19(16)23/h5-10H,1-4,11H2. The van der Waals surface area contributed by atoms with E-state index in [9.17, 15) is 13.6 Å². The summed E-state index contributed by atoms with van der Waals surface area (Å²) < 4.78 is 28.9. The molecule has 4 rings (SSSR count). The highest BCUT2D eigenvalue weighted by Crippen LogP contribution is 2.29. The topological polar surface area (TPSA) is 47.8 Å². The van der Waals surface area contributed by atoms with Crippen LogP contribution in [0.25, 0.3) is 11.3 Å². The molecule has 0 N–H and O–H groups in total. The molecule has 0 fully saturated rings. The van der Waals surface area contributed by atoms with E-state index < -0.39 is 11.9 Å². The summed E-state index contributed by atoms with van der Waals surface area (Å²) in [6.45, 7) is 0.243. The van der Waals surface area contributed by atoms with Crippen molar-refractivity contribution in [1.29, 1.82) is 0 Å². The van der Waals surface area contributed by atoms with Crippen LogP contribution in [0.15, 0.2) is 41.2 Å². The van der Waals surface area contributed by atoms with Crippen molar-refractivity contribution >= 4 is 11.6 Å². The summed E-state index contributed by atoms with van der Waals surface area (Å²) in [5.74, 6) is -1.81. The zero-order valence-corrected chi connectivity index (χ0v) is 15.1. The van der Waals surface area contributed by atoms with E-state index in [0.29, 0.717) is 29.1 Å². The van der Waals surface area contributed by atoms with Gasteiger partial charge in [0.05, 0.1) is 17.8 Å². The fourth-order valence-electron chi connectivity index (χ4n) is 3.46. The first-order chi connectivity index (χ1) is 13.0. The molecule has 0 radical (unpaired) electrons. The maximum absolute atomic E-state index is 14.3. The molecule has 7 heteroatoms. The van der Waals surface area contributed by atoms with E-state index in [4.69, 9.17) is 11.6 Å². The van der Waals surface area contributed by atoms with Gasteiger partial charge in [-0.1, -0.05) is 23.7 Å². The van der Waals surface area contributed by atoms with Gasteiger partial charge in [-0.25, -0.2) is 4.68 Å². The third-order valence-corrected chi connectivity index (χ3v) is 5.03. The second-order valence-corrected chi connectivity index (χ2v) is 7.01. The largest absolute Gasteiger partial charge is 0.270 e. The number of halogens is 3. The molecular formula is C20H16ClF2N3O. The minimum Gasteiger partial charge on any atom is -0.267 e. The van der Waals surface area contributed by atoms with E-state index >= 15 is 0 Å². The normalized spacial score (nSPS) is 13.4. The Balaban J connectivity index is 1.87. The summed E-state index contributed by atoms with van der Waals surface area (Å²) >= 11 is 5.91. The molecule has 0 unspecified atom stereocenters. The van der Waals surface area contributed by atoms with Crippen LogP contribution in [0.3, 0.4) is 0 Å². The molecule has 0 atom stereocenters. The Morgan fingerprint density at radius 3 is 2.41 bits per heavy atom. The van der Waals surface area contributed by atoms with Crippen molar-refractivity contribution in [2.24, 2.45) is 0 Å². The van der Waals surface area contributed by atoms with Crippen molar-refractivity contribution in [1.82, 2.24) is 14.8 Å². The van der Waals surface area contributed by atoms with Crippen LogP contribution in [0.1, 0.15) is 29.5 Å². The molecule has 2 aromatic heterocycles. The van der Waals surface area contributed by atoms with Crippen LogP contribution in [0, 0.1) is 11.9 Å². The van der Waals surface area contributed by atoms with E-state index in [1.807, 2.05) is 12.1 Å². The van der Waals surface area contributed by atoms with Gasteiger partial charge in [-0.05, 0) is 61.1 Å². The predicted molar refractivity (Wildman–Crippen MR) is 98.8 cm³/mol. The monoisotopic (exact) mass is 387 g/mol. The van der Waals surface area contributed by atoms with Gasteiger partial charge < -0.3 is 0 Å². The lowest BCUT2D eigenvalue weighted by atomic mass is 9.90. The van der Waals surface area contributed by atoms with Crippen molar-refractivity contribution in [3.05, 3.63) is 80.4 Å². The summed E-state index contributed by atoms with van der Waals surface area (Å²) in [4.78, 5) is 16.2. The summed E-state index contributed by atoms with van der Waals surface area (Å²) in [5.41, 5.74) is 2.56. The highest BCUT2D eigenvalue weighted by atomic mass is 35.5. The molecule has 4 nitrogen and oxygen atoms in total. The van der Waals surface area contributed by atoms with Gasteiger partial charge in [-0.2, -0.15) is 18.9 Å². The number of pyridine rings is 1. The summed E-state index contributed by atoms with van der Waals surface area (Å²) in [6, 6.07) is 9.54. The number of nitrogens with zero attached hydrogens (tertiary/aromatic N) is 3. The molecule has 0 bridgehead atoms. The fourth-order valence-corrected chi connectivity index (χ4v) is 3.59. The number of benzene rings is 1. The molecule has 1 aliphatic carbocycles. The third-order valence-electron chi connectivity index (χ3n) is 4.78. The average Bonchev–Trinajstić information content (AvgIpc) is 2.66. The van der Waals surface area contributed by atoms with E-state index in [0.717, 1.165) is 30.0 Å². The second kappa shape index (κ2) is 7.19. The van der Waals surface area contributed by atoms with Crippen LogP contribution in [0.5, 0.6) is 0 Å². The molecule has 27 heavy (non-hydrogen) atoms. The molecule has 0 saturated heterocycles. The summed E-state index contributed by atoms with van der Waals surface area (Å²) in [5, 5.41) is 5.03. The van der Waals surface area contributed by atoms with Crippen molar-refractivity contribution in [3.63, 3.8) is 0 Å². The van der Waals surface area contributed by atoms with Gasteiger partial charge in [0.1, 0.15) is 0 Å². The lowest BCUT2D eigenvalue weighted by molar-refractivity contribution is 0.513. The lowest BCUT2D eigenvalue weighted by Crippen LogP contribution is -2.31. The Kier molecular flexibility index (Phi) is 4.74. The van der Waals surface area contributed by atoms with Gasteiger partial charge in [0.15, 0.2) is 0 Å². The lowest BCUT2D eigenvalue weighted by Gasteiger charge is -2.20. The third kappa shape index (κ3) is 3.49. The van der Waals surface area contributed by atoms with Crippen LogP contribution in [0.2, 0.25) is 5.02 Å². The minimum absolute atomic E-state index is 0.111. The van der Waals surface area contributed by atoms with Crippen LogP contribution in [-0.4, -0.2) is 14.8 Å². The number of hydrogen-bond acceptors (Lipinski definition) is 3. The van der Waals surface area contributed by atoms with Crippen LogP contribution < -0.4 is 5.56 Å². The predicted octanol–water partition coefficient (Wildman–Crippen LogP) is 4.16. The molecule has 1 aliphatic rings. The quantitative estimate of drug-likeness (QED) is 0.634. The molecule has 2 heterocycles. The summed E-state index contributed by atoms with van der Waals surface area (Å²) in [7, 11) is 0. The first kappa shape index (κ1) is 17.8.